The van der Waals surface area contributed by atoms with Crippen molar-refractivity contribution >= 4 is 22.8 Å². The van der Waals surface area contributed by atoms with Gasteiger partial charge in [0, 0.05) is 6.07 Å². The number of nitrogens with zero attached hydrogens (tertiary/aromatic N) is 4. The molecule has 2 aromatic heterocycles. The first kappa shape index (κ1) is 17.7. The van der Waals surface area contributed by atoms with Crippen LogP contribution in [-0.2, 0) is 20.1 Å². The molecular formula is C18H23N6O2+. The maximum Gasteiger partial charge on any atom is 0.276 e. The summed E-state index contributed by atoms with van der Waals surface area (Å²) in [6.45, 7) is 4.94. The van der Waals surface area contributed by atoms with E-state index < -0.39 is 0 Å². The highest BCUT2D eigenvalue weighted by molar-refractivity contribution is 5.96. The van der Waals surface area contributed by atoms with Crippen LogP contribution in [0.25, 0.3) is 11.0 Å². The van der Waals surface area contributed by atoms with Gasteiger partial charge in [-0.1, -0.05) is 0 Å². The number of ether oxygens (including phenoxy) is 1. The van der Waals surface area contributed by atoms with Gasteiger partial charge in [0.05, 0.1) is 32.6 Å². The molecule has 26 heavy (non-hydrogen) atoms. The minimum absolute atomic E-state index is 0.123. The molecule has 0 unspecified atom stereocenters. The molecule has 0 bridgehead atoms. The number of aromatic nitrogens is 4. The van der Waals surface area contributed by atoms with Crippen molar-refractivity contribution in [3.63, 3.8) is 0 Å². The monoisotopic (exact) mass is 355 g/mol. The number of nitrogens with two attached hydrogens (primary N) is 1. The summed E-state index contributed by atoms with van der Waals surface area (Å²) in [6.07, 6.45) is 1.54. The Kier molecular flexibility index (Phi) is 4.75. The second-order valence-electron chi connectivity index (χ2n) is 6.00. The number of amides is 1. The topological polar surface area (TPSA) is 98.9 Å². The number of nitrogen functional groups attached to an aromatic ring is 1. The quantitative estimate of drug-likeness (QED) is 0.668. The van der Waals surface area contributed by atoms with Crippen LogP contribution < -0.4 is 20.4 Å². The van der Waals surface area contributed by atoms with Crippen molar-refractivity contribution in [3.05, 3.63) is 41.6 Å². The third-order valence-corrected chi connectivity index (χ3v) is 4.39. The Morgan fingerprint density at radius 2 is 2.19 bits per heavy atom. The highest BCUT2D eigenvalue weighted by Crippen LogP contribution is 2.20. The summed E-state index contributed by atoms with van der Waals surface area (Å²) in [7, 11) is 3.62. The smallest absolute Gasteiger partial charge is 0.276 e. The molecule has 2 heterocycles. The molecule has 0 aliphatic carbocycles. The van der Waals surface area contributed by atoms with Gasteiger partial charge in [0.1, 0.15) is 12.3 Å². The van der Waals surface area contributed by atoms with E-state index in [2.05, 4.69) is 31.3 Å². The number of carbonyl (C=O) groups is 1. The summed E-state index contributed by atoms with van der Waals surface area (Å²) >= 11 is 0. The zero-order chi connectivity index (χ0) is 18.8. The number of fused-ring (bicyclic) bond motifs is 1. The number of benzene rings is 1. The molecule has 0 atom stereocenters. The number of methoxy groups -OCH3 is 1. The summed E-state index contributed by atoms with van der Waals surface area (Å²) in [6, 6.07) is 5.93. The average molecular weight is 355 g/mol. The van der Waals surface area contributed by atoms with E-state index in [-0.39, 0.29) is 17.4 Å². The molecular weight excluding hydrogens is 332 g/mol. The molecule has 0 aliphatic rings. The van der Waals surface area contributed by atoms with Crippen LogP contribution in [-0.4, -0.2) is 27.6 Å². The van der Waals surface area contributed by atoms with Gasteiger partial charge in [-0.2, -0.15) is 0 Å². The minimum atomic E-state index is -0.343. The van der Waals surface area contributed by atoms with E-state index in [9.17, 15) is 4.79 Å². The first-order valence-electron chi connectivity index (χ1n) is 8.38. The Balaban J connectivity index is 1.92. The third kappa shape index (κ3) is 3.05. The SMILES string of the molecule is CCn1c(CNC(=O)c2nc(C)cnc2N)[n+](C)c2ccc(OC)cc21. The number of rotatable bonds is 5. The number of hydrogen-bond donors (Lipinski definition) is 2. The van der Waals surface area contributed by atoms with Gasteiger partial charge >= 0.3 is 0 Å². The lowest BCUT2D eigenvalue weighted by molar-refractivity contribution is -0.654. The van der Waals surface area contributed by atoms with Crippen molar-refractivity contribution in [2.45, 2.75) is 26.9 Å². The molecule has 0 saturated carbocycles. The van der Waals surface area contributed by atoms with Gasteiger partial charge < -0.3 is 15.8 Å². The Morgan fingerprint density at radius 1 is 1.42 bits per heavy atom. The normalized spacial score (nSPS) is 10.9. The number of anilines is 1. The van der Waals surface area contributed by atoms with Gasteiger partial charge in [-0.05, 0) is 26.0 Å². The zero-order valence-electron chi connectivity index (χ0n) is 15.4. The van der Waals surface area contributed by atoms with Gasteiger partial charge in [0.25, 0.3) is 11.7 Å². The number of nitrogens with one attached hydrogen (secondary N) is 1. The van der Waals surface area contributed by atoms with Crippen LogP contribution in [0.2, 0.25) is 0 Å². The van der Waals surface area contributed by atoms with Gasteiger partial charge in [-0.3, -0.25) is 4.79 Å². The van der Waals surface area contributed by atoms with Crippen LogP contribution in [0.15, 0.2) is 24.4 Å². The Morgan fingerprint density at radius 3 is 2.88 bits per heavy atom. The molecule has 0 saturated heterocycles. The van der Waals surface area contributed by atoms with Crippen molar-refractivity contribution in [1.29, 1.82) is 0 Å². The second kappa shape index (κ2) is 6.99. The van der Waals surface area contributed by atoms with Crippen molar-refractivity contribution < 1.29 is 14.1 Å². The second-order valence-corrected chi connectivity index (χ2v) is 6.00. The summed E-state index contributed by atoms with van der Waals surface area (Å²) in [5.74, 6) is 1.54. The predicted octanol–water partition coefficient (Wildman–Crippen LogP) is 1.10. The zero-order valence-corrected chi connectivity index (χ0v) is 15.4. The van der Waals surface area contributed by atoms with Crippen molar-refractivity contribution in [2.24, 2.45) is 7.05 Å². The molecule has 8 nitrogen and oxygen atoms in total. The lowest BCUT2D eigenvalue weighted by Gasteiger charge is -2.06. The van der Waals surface area contributed by atoms with Crippen molar-refractivity contribution in [2.75, 3.05) is 12.8 Å². The fourth-order valence-corrected chi connectivity index (χ4v) is 3.05. The average Bonchev–Trinajstić information content (AvgIpc) is 2.92. The first-order chi connectivity index (χ1) is 12.5. The number of aryl methyl sites for hydroxylation is 3. The van der Waals surface area contributed by atoms with E-state index in [1.807, 2.05) is 25.2 Å². The van der Waals surface area contributed by atoms with Crippen LogP contribution in [0.4, 0.5) is 5.82 Å². The summed E-state index contributed by atoms with van der Waals surface area (Å²) in [4.78, 5) is 20.7. The molecule has 3 N–H and O–H groups in total. The van der Waals surface area contributed by atoms with E-state index in [4.69, 9.17) is 10.5 Å². The standard InChI is InChI=1S/C18H22N6O2/c1-5-24-14-8-12(26-4)6-7-13(14)23(3)15(24)10-21-18(25)16-17(19)20-9-11(2)22-16/h6-9H,5,10H2,1-4H3,(H2-,19,20,21,25)/p+1. The molecule has 0 fully saturated rings. The molecule has 1 amide bonds. The molecule has 0 aliphatic heterocycles. The first-order valence-corrected chi connectivity index (χ1v) is 8.38. The fraction of sp³-hybridized carbons (Fsp3) is 0.333. The van der Waals surface area contributed by atoms with Crippen LogP contribution >= 0.6 is 0 Å². The van der Waals surface area contributed by atoms with Gasteiger partial charge in [0.2, 0.25) is 0 Å². The van der Waals surface area contributed by atoms with Gasteiger partial charge in [0.15, 0.2) is 22.5 Å². The summed E-state index contributed by atoms with van der Waals surface area (Å²) < 4.78 is 9.53. The molecule has 0 spiro atoms. The Labute approximate surface area is 151 Å². The van der Waals surface area contributed by atoms with Crippen LogP contribution in [0.3, 0.4) is 0 Å². The van der Waals surface area contributed by atoms with Crippen molar-refractivity contribution in [1.82, 2.24) is 19.9 Å². The Bertz CT molecular complexity index is 979. The Hall–Kier alpha value is -3.16. The van der Waals surface area contributed by atoms with Crippen LogP contribution in [0, 0.1) is 6.92 Å². The van der Waals surface area contributed by atoms with Crippen LogP contribution in [0.5, 0.6) is 5.75 Å². The van der Waals surface area contributed by atoms with Crippen molar-refractivity contribution in [3.8, 4) is 5.75 Å². The number of carbonyl (C=O) groups excluding carboxylic acids is 1. The van der Waals surface area contributed by atoms with E-state index in [0.717, 1.165) is 29.2 Å². The van der Waals surface area contributed by atoms with E-state index in [1.54, 1.807) is 14.0 Å². The van der Waals surface area contributed by atoms with Gasteiger partial charge in [-0.25, -0.2) is 19.1 Å². The molecule has 3 aromatic rings. The maximum atomic E-state index is 12.5. The fourth-order valence-electron chi connectivity index (χ4n) is 3.05. The lowest BCUT2D eigenvalue weighted by atomic mass is 10.3. The van der Waals surface area contributed by atoms with E-state index >= 15 is 0 Å². The maximum absolute atomic E-state index is 12.5. The molecule has 8 heteroatoms. The largest absolute Gasteiger partial charge is 0.497 e. The highest BCUT2D eigenvalue weighted by atomic mass is 16.5. The highest BCUT2D eigenvalue weighted by Gasteiger charge is 2.23. The predicted molar refractivity (Wildman–Crippen MR) is 97.7 cm³/mol. The van der Waals surface area contributed by atoms with Gasteiger partial charge in [-0.15, -0.1) is 0 Å². The van der Waals surface area contributed by atoms with Crippen LogP contribution in [0.1, 0.15) is 28.9 Å². The molecule has 0 radical (unpaired) electrons. The summed E-state index contributed by atoms with van der Waals surface area (Å²) in [5, 5.41) is 2.89. The summed E-state index contributed by atoms with van der Waals surface area (Å²) in [5.41, 5.74) is 8.68. The lowest BCUT2D eigenvalue weighted by Crippen LogP contribution is -2.38. The minimum Gasteiger partial charge on any atom is -0.497 e. The molecule has 136 valence electrons. The molecule has 3 rings (SSSR count). The number of hydrogen-bond acceptors (Lipinski definition) is 5. The van der Waals surface area contributed by atoms with E-state index in [0.29, 0.717) is 12.2 Å². The molecule has 1 aromatic carbocycles. The number of imidazole rings is 1. The third-order valence-electron chi connectivity index (χ3n) is 4.39. The van der Waals surface area contributed by atoms with E-state index in [1.165, 1.54) is 6.20 Å².